The van der Waals surface area contributed by atoms with E-state index >= 15 is 0 Å². The summed E-state index contributed by atoms with van der Waals surface area (Å²) in [6, 6.07) is -0.771. The van der Waals surface area contributed by atoms with Gasteiger partial charge in [0.2, 0.25) is 0 Å². The van der Waals surface area contributed by atoms with Crippen molar-refractivity contribution in [2.45, 2.75) is 45.1 Å². The summed E-state index contributed by atoms with van der Waals surface area (Å²) in [6.07, 6.45) is 4.81. The molecule has 3 heteroatoms. The number of nitrogens with two attached hydrogens (primary N) is 1. The molecule has 0 aliphatic rings. The third-order valence-electron chi connectivity index (χ3n) is 1.67. The molecule has 0 amide bonds. The van der Waals surface area contributed by atoms with Crippen molar-refractivity contribution in [3.63, 3.8) is 0 Å². The molecule has 0 aromatic rings. The van der Waals surface area contributed by atoms with Gasteiger partial charge < -0.3 is 15.6 Å². The van der Waals surface area contributed by atoms with Crippen LogP contribution < -0.4 is 10.8 Å². The molecule has 0 heterocycles. The smallest absolute Gasteiger partial charge is 0.0582 e. The number of carbonyl (C=O) groups is 1. The second-order valence-corrected chi connectivity index (χ2v) is 2.77. The Hall–Kier alpha value is -0.570. The summed E-state index contributed by atoms with van der Waals surface area (Å²) in [4.78, 5) is 10.1. The summed E-state index contributed by atoms with van der Waals surface area (Å²) in [7, 11) is 0. The molecule has 66 valence electrons. The lowest BCUT2D eigenvalue weighted by Gasteiger charge is -2.11. The van der Waals surface area contributed by atoms with Gasteiger partial charge in [-0.2, -0.15) is 0 Å². The van der Waals surface area contributed by atoms with E-state index in [1.54, 1.807) is 0 Å². The van der Waals surface area contributed by atoms with Gasteiger partial charge in [-0.25, -0.2) is 0 Å². The van der Waals surface area contributed by atoms with Gasteiger partial charge in [0.25, 0.3) is 0 Å². The highest BCUT2D eigenvalue weighted by Crippen LogP contribution is 2.03. The van der Waals surface area contributed by atoms with E-state index in [1.807, 2.05) is 0 Å². The minimum atomic E-state index is -1.14. The van der Waals surface area contributed by atoms with Crippen LogP contribution in [0.1, 0.15) is 39.0 Å². The standard InChI is InChI=1S/C8H17NO2/c1-2-3-4-5-6-7(9)8(10)11/h7H,2-6,9H2,1H3,(H,10,11)/p-1. The van der Waals surface area contributed by atoms with E-state index in [-0.39, 0.29) is 0 Å². The van der Waals surface area contributed by atoms with Crippen LogP contribution in [0.3, 0.4) is 0 Å². The molecule has 0 saturated carbocycles. The van der Waals surface area contributed by atoms with Crippen molar-refractivity contribution in [3.05, 3.63) is 0 Å². The molecule has 2 N–H and O–H groups in total. The molecule has 11 heavy (non-hydrogen) atoms. The van der Waals surface area contributed by atoms with Gasteiger partial charge in [-0.15, -0.1) is 0 Å². The van der Waals surface area contributed by atoms with Crippen molar-refractivity contribution in [1.29, 1.82) is 0 Å². The minimum absolute atomic E-state index is 0.544. The van der Waals surface area contributed by atoms with Crippen LogP contribution in [-0.4, -0.2) is 12.0 Å². The first-order valence-corrected chi connectivity index (χ1v) is 4.15. The van der Waals surface area contributed by atoms with Crippen LogP contribution in [0, 0.1) is 0 Å². The van der Waals surface area contributed by atoms with Gasteiger partial charge in [0.05, 0.1) is 5.97 Å². The summed E-state index contributed by atoms with van der Waals surface area (Å²) in [5.41, 5.74) is 5.24. The van der Waals surface area contributed by atoms with E-state index in [4.69, 9.17) is 5.73 Å². The number of hydrogen-bond donors (Lipinski definition) is 1. The maximum atomic E-state index is 10.1. The first-order chi connectivity index (χ1) is 5.18. The predicted molar refractivity (Wildman–Crippen MR) is 41.7 cm³/mol. The average molecular weight is 158 g/mol. The molecule has 0 saturated heterocycles. The van der Waals surface area contributed by atoms with Gasteiger partial charge >= 0.3 is 0 Å². The molecule has 0 bridgehead atoms. The number of rotatable bonds is 6. The van der Waals surface area contributed by atoms with Crippen molar-refractivity contribution in [1.82, 2.24) is 0 Å². The monoisotopic (exact) mass is 158 g/mol. The van der Waals surface area contributed by atoms with E-state index < -0.39 is 12.0 Å². The van der Waals surface area contributed by atoms with Gasteiger partial charge in [0.1, 0.15) is 0 Å². The Morgan fingerprint density at radius 1 is 1.45 bits per heavy atom. The number of carboxylic acid groups (broad SMARTS) is 1. The van der Waals surface area contributed by atoms with Crippen LogP contribution in [0.2, 0.25) is 0 Å². The lowest BCUT2D eigenvalue weighted by atomic mass is 10.1. The van der Waals surface area contributed by atoms with E-state index in [2.05, 4.69) is 6.92 Å². The molecule has 3 nitrogen and oxygen atoms in total. The molecule has 0 spiro atoms. The second kappa shape index (κ2) is 6.16. The maximum Gasteiger partial charge on any atom is 0.0582 e. The molecule has 0 radical (unpaired) electrons. The quantitative estimate of drug-likeness (QED) is 0.555. The molecule has 0 aliphatic carbocycles. The van der Waals surface area contributed by atoms with Crippen LogP contribution in [-0.2, 0) is 4.79 Å². The Morgan fingerprint density at radius 2 is 2.09 bits per heavy atom. The highest BCUT2D eigenvalue weighted by Gasteiger charge is 2.01. The first-order valence-electron chi connectivity index (χ1n) is 4.15. The minimum Gasteiger partial charge on any atom is -0.548 e. The summed E-state index contributed by atoms with van der Waals surface area (Å²) in [6.45, 7) is 2.11. The van der Waals surface area contributed by atoms with Crippen molar-refractivity contribution in [3.8, 4) is 0 Å². The van der Waals surface area contributed by atoms with Gasteiger partial charge in [-0.1, -0.05) is 32.6 Å². The fraction of sp³-hybridized carbons (Fsp3) is 0.875. The average Bonchev–Trinajstić information content (AvgIpc) is 1.97. The summed E-state index contributed by atoms with van der Waals surface area (Å²) < 4.78 is 0. The van der Waals surface area contributed by atoms with Crippen LogP contribution >= 0.6 is 0 Å². The van der Waals surface area contributed by atoms with E-state index in [1.165, 1.54) is 0 Å². The Kier molecular flexibility index (Phi) is 5.84. The van der Waals surface area contributed by atoms with E-state index in [9.17, 15) is 9.90 Å². The summed E-state index contributed by atoms with van der Waals surface area (Å²) >= 11 is 0. The zero-order valence-corrected chi connectivity index (χ0v) is 7.01. The summed E-state index contributed by atoms with van der Waals surface area (Å²) in [5.74, 6) is -1.14. The predicted octanol–water partition coefficient (Wildman–Crippen LogP) is 0.0340. The fourth-order valence-electron chi connectivity index (χ4n) is 0.909. The molecular weight excluding hydrogens is 142 g/mol. The molecule has 0 aromatic carbocycles. The number of unbranched alkanes of at least 4 members (excludes halogenated alkanes) is 3. The highest BCUT2D eigenvalue weighted by molar-refractivity contribution is 5.70. The third kappa shape index (κ3) is 5.85. The number of aliphatic carboxylic acids is 1. The van der Waals surface area contributed by atoms with E-state index in [0.717, 1.165) is 25.7 Å². The fourth-order valence-corrected chi connectivity index (χ4v) is 0.909. The molecule has 0 aromatic heterocycles. The van der Waals surface area contributed by atoms with Crippen LogP contribution in [0.15, 0.2) is 0 Å². The van der Waals surface area contributed by atoms with Gasteiger partial charge in [0.15, 0.2) is 0 Å². The number of carboxylic acids is 1. The molecule has 1 atom stereocenters. The van der Waals surface area contributed by atoms with Gasteiger partial charge in [-0.05, 0) is 6.42 Å². The largest absolute Gasteiger partial charge is 0.548 e. The summed E-state index contributed by atoms with van der Waals surface area (Å²) in [5, 5.41) is 10.1. The van der Waals surface area contributed by atoms with Crippen LogP contribution in [0.4, 0.5) is 0 Å². The van der Waals surface area contributed by atoms with Gasteiger partial charge in [-0.3, -0.25) is 0 Å². The second-order valence-electron chi connectivity index (χ2n) is 2.77. The number of hydrogen-bond acceptors (Lipinski definition) is 3. The highest BCUT2D eigenvalue weighted by atomic mass is 16.4. The SMILES string of the molecule is CCCCCCC(N)C(=O)[O-]. The molecular formula is C8H16NO2-. The first kappa shape index (κ1) is 10.4. The van der Waals surface area contributed by atoms with Crippen molar-refractivity contribution in [2.24, 2.45) is 5.73 Å². The zero-order valence-electron chi connectivity index (χ0n) is 7.01. The molecule has 0 aliphatic heterocycles. The lowest BCUT2D eigenvalue weighted by Crippen LogP contribution is -2.41. The Labute approximate surface area is 67.6 Å². The Balaban J connectivity index is 3.17. The molecule has 1 unspecified atom stereocenters. The normalized spacial score (nSPS) is 12.9. The Bertz CT molecular complexity index is 115. The van der Waals surface area contributed by atoms with Crippen LogP contribution in [0.25, 0.3) is 0 Å². The Morgan fingerprint density at radius 3 is 2.55 bits per heavy atom. The molecule has 0 fully saturated rings. The van der Waals surface area contributed by atoms with Crippen molar-refractivity contribution >= 4 is 5.97 Å². The van der Waals surface area contributed by atoms with E-state index in [0.29, 0.717) is 6.42 Å². The van der Waals surface area contributed by atoms with Gasteiger partial charge in [0, 0.05) is 6.04 Å². The topological polar surface area (TPSA) is 66.2 Å². The van der Waals surface area contributed by atoms with Crippen LogP contribution in [0.5, 0.6) is 0 Å². The number of carbonyl (C=O) groups excluding carboxylic acids is 1. The van der Waals surface area contributed by atoms with Crippen molar-refractivity contribution in [2.75, 3.05) is 0 Å². The maximum absolute atomic E-state index is 10.1. The lowest BCUT2D eigenvalue weighted by molar-refractivity contribution is -0.307. The third-order valence-corrected chi connectivity index (χ3v) is 1.67. The zero-order chi connectivity index (χ0) is 8.69. The molecule has 0 rings (SSSR count). The van der Waals surface area contributed by atoms with Crippen molar-refractivity contribution < 1.29 is 9.90 Å².